The first-order valence-corrected chi connectivity index (χ1v) is 9.43. The Morgan fingerprint density at radius 1 is 1.21 bits per heavy atom. The van der Waals surface area contributed by atoms with Crippen molar-refractivity contribution in [2.75, 3.05) is 13.1 Å². The molecule has 3 aliphatic rings. The molecule has 1 saturated carbocycles. The fourth-order valence-corrected chi connectivity index (χ4v) is 4.62. The largest absolute Gasteiger partial charge is 0.338 e. The molecule has 2 saturated heterocycles. The number of carbonyl (C=O) groups excluding carboxylic acids is 3. The monoisotopic (exact) mass is 335 g/mol. The molecule has 4 amide bonds. The maximum absolute atomic E-state index is 12.9. The van der Waals surface area contributed by atoms with E-state index in [1.807, 2.05) is 11.8 Å². The van der Waals surface area contributed by atoms with E-state index in [0.29, 0.717) is 6.42 Å². The van der Waals surface area contributed by atoms with Crippen molar-refractivity contribution >= 4 is 17.8 Å². The number of nitrogens with zero attached hydrogens (tertiary/aromatic N) is 2. The standard InChI is InChI=1S/C18H29N3O3/c1-3-14-9-5-7-11-20(14)15(22)12-21-16(23)18(19-17(21)24)10-6-4-8-13(18)2/h13-14H,3-12H2,1-2H3,(H,19,24)/t13-,14-,18-/m1/s1. The molecule has 1 aliphatic carbocycles. The highest BCUT2D eigenvalue weighted by atomic mass is 16.2. The first kappa shape index (κ1) is 17.2. The third-order valence-electron chi connectivity index (χ3n) is 6.21. The maximum Gasteiger partial charge on any atom is 0.325 e. The molecule has 0 radical (unpaired) electrons. The average Bonchev–Trinajstić information content (AvgIpc) is 2.82. The highest BCUT2D eigenvalue weighted by Gasteiger charge is 2.55. The van der Waals surface area contributed by atoms with Gasteiger partial charge in [0.15, 0.2) is 0 Å². The van der Waals surface area contributed by atoms with Crippen LogP contribution in [-0.2, 0) is 9.59 Å². The molecule has 0 bridgehead atoms. The zero-order chi connectivity index (χ0) is 17.3. The van der Waals surface area contributed by atoms with Crippen LogP contribution in [0.25, 0.3) is 0 Å². The van der Waals surface area contributed by atoms with Crippen LogP contribution in [0.5, 0.6) is 0 Å². The zero-order valence-electron chi connectivity index (χ0n) is 14.8. The maximum atomic E-state index is 12.9. The normalized spacial score (nSPS) is 33.9. The molecule has 0 unspecified atom stereocenters. The summed E-state index contributed by atoms with van der Waals surface area (Å²) in [7, 11) is 0. The van der Waals surface area contributed by atoms with Crippen LogP contribution < -0.4 is 5.32 Å². The van der Waals surface area contributed by atoms with Gasteiger partial charge < -0.3 is 10.2 Å². The molecular formula is C18H29N3O3. The second-order valence-corrected chi connectivity index (χ2v) is 7.58. The smallest absolute Gasteiger partial charge is 0.325 e. The van der Waals surface area contributed by atoms with Gasteiger partial charge in [0.25, 0.3) is 5.91 Å². The number of carbonyl (C=O) groups is 3. The van der Waals surface area contributed by atoms with Crippen molar-refractivity contribution < 1.29 is 14.4 Å². The minimum absolute atomic E-state index is 0.0921. The van der Waals surface area contributed by atoms with Crippen molar-refractivity contribution in [2.45, 2.75) is 76.8 Å². The van der Waals surface area contributed by atoms with Crippen molar-refractivity contribution in [3.63, 3.8) is 0 Å². The van der Waals surface area contributed by atoms with Crippen LogP contribution >= 0.6 is 0 Å². The van der Waals surface area contributed by atoms with Gasteiger partial charge in [-0.1, -0.05) is 26.7 Å². The number of hydrogen-bond donors (Lipinski definition) is 1. The second-order valence-electron chi connectivity index (χ2n) is 7.58. The van der Waals surface area contributed by atoms with Gasteiger partial charge in [-0.05, 0) is 44.4 Å². The molecule has 1 spiro atoms. The van der Waals surface area contributed by atoms with Gasteiger partial charge in [-0.2, -0.15) is 0 Å². The van der Waals surface area contributed by atoms with Gasteiger partial charge in [0.05, 0.1) is 0 Å². The minimum atomic E-state index is -0.776. The summed E-state index contributed by atoms with van der Waals surface area (Å²) in [6.45, 7) is 4.74. The molecule has 0 aromatic heterocycles. The lowest BCUT2D eigenvalue weighted by molar-refractivity contribution is -0.142. The van der Waals surface area contributed by atoms with Gasteiger partial charge in [0.2, 0.25) is 5.91 Å². The van der Waals surface area contributed by atoms with Gasteiger partial charge in [0.1, 0.15) is 12.1 Å². The molecule has 1 N–H and O–H groups in total. The Labute approximate surface area is 143 Å². The first-order valence-electron chi connectivity index (χ1n) is 9.43. The van der Waals surface area contributed by atoms with E-state index in [4.69, 9.17) is 0 Å². The summed E-state index contributed by atoms with van der Waals surface area (Å²) in [6.07, 6.45) is 7.76. The fourth-order valence-electron chi connectivity index (χ4n) is 4.62. The number of hydrogen-bond acceptors (Lipinski definition) is 3. The second kappa shape index (κ2) is 6.73. The number of piperidine rings is 1. The zero-order valence-corrected chi connectivity index (χ0v) is 14.8. The number of nitrogens with one attached hydrogen (secondary N) is 1. The summed E-state index contributed by atoms with van der Waals surface area (Å²) in [4.78, 5) is 41.1. The third kappa shape index (κ3) is 2.80. The average molecular weight is 335 g/mol. The summed E-state index contributed by atoms with van der Waals surface area (Å²) in [6, 6.07) is -0.151. The first-order chi connectivity index (χ1) is 11.5. The molecule has 0 aromatic carbocycles. The quantitative estimate of drug-likeness (QED) is 0.805. The van der Waals surface area contributed by atoms with Crippen LogP contribution in [0.15, 0.2) is 0 Å². The molecule has 6 nitrogen and oxygen atoms in total. The molecule has 3 atom stereocenters. The molecule has 3 rings (SSSR count). The van der Waals surface area contributed by atoms with E-state index in [1.54, 1.807) is 0 Å². The third-order valence-corrected chi connectivity index (χ3v) is 6.21. The highest BCUT2D eigenvalue weighted by Crippen LogP contribution is 2.38. The van der Waals surface area contributed by atoms with Gasteiger partial charge in [-0.3, -0.25) is 14.5 Å². The molecule has 24 heavy (non-hydrogen) atoms. The molecule has 134 valence electrons. The van der Waals surface area contributed by atoms with Crippen LogP contribution in [0.4, 0.5) is 4.79 Å². The number of urea groups is 1. The van der Waals surface area contributed by atoms with Crippen molar-refractivity contribution in [3.05, 3.63) is 0 Å². The number of likely N-dealkylation sites (tertiary alicyclic amines) is 1. The topological polar surface area (TPSA) is 69.7 Å². The van der Waals surface area contributed by atoms with E-state index in [1.165, 1.54) is 0 Å². The van der Waals surface area contributed by atoms with E-state index in [2.05, 4.69) is 12.2 Å². The van der Waals surface area contributed by atoms with Crippen LogP contribution in [-0.4, -0.2) is 52.3 Å². The Hall–Kier alpha value is -1.59. The Balaban J connectivity index is 1.72. The Kier molecular flexibility index (Phi) is 4.83. The van der Waals surface area contributed by atoms with Crippen LogP contribution in [0.2, 0.25) is 0 Å². The molecule has 3 fully saturated rings. The fraction of sp³-hybridized carbons (Fsp3) is 0.833. The van der Waals surface area contributed by atoms with E-state index >= 15 is 0 Å². The van der Waals surface area contributed by atoms with E-state index < -0.39 is 11.6 Å². The van der Waals surface area contributed by atoms with Crippen molar-refractivity contribution in [1.29, 1.82) is 0 Å². The van der Waals surface area contributed by atoms with E-state index in [9.17, 15) is 14.4 Å². The Morgan fingerprint density at radius 3 is 2.67 bits per heavy atom. The van der Waals surface area contributed by atoms with E-state index in [0.717, 1.165) is 56.4 Å². The molecular weight excluding hydrogens is 306 g/mol. The van der Waals surface area contributed by atoms with E-state index in [-0.39, 0.29) is 30.3 Å². The summed E-state index contributed by atoms with van der Waals surface area (Å²) in [5, 5.41) is 2.92. The Morgan fingerprint density at radius 2 is 1.96 bits per heavy atom. The lowest BCUT2D eigenvalue weighted by Crippen LogP contribution is -2.54. The lowest BCUT2D eigenvalue weighted by Gasteiger charge is -2.37. The van der Waals surface area contributed by atoms with Gasteiger partial charge in [-0.25, -0.2) is 4.79 Å². The predicted octanol–water partition coefficient (Wildman–Crippen LogP) is 2.28. The van der Waals surface area contributed by atoms with Crippen molar-refractivity contribution in [2.24, 2.45) is 5.92 Å². The summed E-state index contributed by atoms with van der Waals surface area (Å²) in [5.41, 5.74) is -0.776. The molecule has 0 aromatic rings. The van der Waals surface area contributed by atoms with Crippen molar-refractivity contribution in [3.8, 4) is 0 Å². The lowest BCUT2D eigenvalue weighted by atomic mass is 9.73. The summed E-state index contributed by atoms with van der Waals surface area (Å²) in [5.74, 6) is -0.162. The number of rotatable bonds is 3. The number of amides is 4. The SMILES string of the molecule is CC[C@@H]1CCCCN1C(=O)CN1C(=O)N[C@@]2(CCCC[C@H]2C)C1=O. The van der Waals surface area contributed by atoms with Gasteiger partial charge in [0, 0.05) is 12.6 Å². The molecule has 2 aliphatic heterocycles. The van der Waals surface area contributed by atoms with Crippen LogP contribution in [0.1, 0.15) is 65.2 Å². The van der Waals surface area contributed by atoms with Gasteiger partial charge in [-0.15, -0.1) is 0 Å². The molecule has 2 heterocycles. The summed E-state index contributed by atoms with van der Waals surface area (Å²) >= 11 is 0. The summed E-state index contributed by atoms with van der Waals surface area (Å²) < 4.78 is 0. The van der Waals surface area contributed by atoms with Crippen LogP contribution in [0, 0.1) is 5.92 Å². The van der Waals surface area contributed by atoms with Crippen LogP contribution in [0.3, 0.4) is 0 Å². The highest BCUT2D eigenvalue weighted by molar-refractivity contribution is 6.09. The molecule has 6 heteroatoms. The predicted molar refractivity (Wildman–Crippen MR) is 90.3 cm³/mol. The van der Waals surface area contributed by atoms with Gasteiger partial charge >= 0.3 is 6.03 Å². The minimum Gasteiger partial charge on any atom is -0.338 e. The Bertz CT molecular complexity index is 536. The number of imide groups is 1. The van der Waals surface area contributed by atoms with Crippen molar-refractivity contribution in [1.82, 2.24) is 15.1 Å².